The maximum atomic E-state index is 14.0. The number of para-hydroxylation sites is 1. The molecular weight excluding hydrogens is 403 g/mol. The number of halogens is 1. The van der Waals surface area contributed by atoms with Gasteiger partial charge in [-0.2, -0.15) is 0 Å². The predicted octanol–water partition coefficient (Wildman–Crippen LogP) is 4.75. The minimum Gasteiger partial charge on any atom is -0.480 e. The average molecular weight is 435 g/mol. The number of rotatable bonds is 9. The predicted molar refractivity (Wildman–Crippen MR) is 116 cm³/mol. The highest BCUT2D eigenvalue weighted by atomic mass is 32.2. The van der Waals surface area contributed by atoms with E-state index in [0.717, 1.165) is 12.8 Å². The van der Waals surface area contributed by atoms with Gasteiger partial charge in [0.15, 0.2) is 28.7 Å². The molecule has 30 heavy (non-hydrogen) atoms. The highest BCUT2D eigenvalue weighted by Crippen LogP contribution is 2.27. The van der Waals surface area contributed by atoms with Crippen LogP contribution in [0.25, 0.3) is 0 Å². The summed E-state index contributed by atoms with van der Waals surface area (Å²) in [6.07, 6.45) is 5.28. The Labute approximate surface area is 182 Å². The lowest BCUT2D eigenvalue weighted by molar-refractivity contribution is -0.119. The van der Waals surface area contributed by atoms with E-state index in [1.807, 2.05) is 11.5 Å². The standard InChI is InChI=1S/C22H31FN4O2S/c1-15(2)13-27-21(16(3)29-19-12-8-7-11-18(19)23)25-26-22(27)30-14-20(28)24-17-9-5-4-6-10-17/h7-8,11-12,15-17H,4-6,9-10,13-14H2,1-3H3,(H,24,28). The molecule has 1 atom stereocenters. The lowest BCUT2D eigenvalue weighted by Gasteiger charge is -2.22. The average Bonchev–Trinajstić information content (AvgIpc) is 3.11. The van der Waals surface area contributed by atoms with Crippen molar-refractivity contribution in [2.45, 2.75) is 76.7 Å². The van der Waals surface area contributed by atoms with Gasteiger partial charge in [0.05, 0.1) is 5.75 Å². The van der Waals surface area contributed by atoms with Crippen LogP contribution in [0.4, 0.5) is 4.39 Å². The summed E-state index contributed by atoms with van der Waals surface area (Å²) in [7, 11) is 0. The molecular formula is C22H31FN4O2S. The van der Waals surface area contributed by atoms with Crippen LogP contribution >= 0.6 is 11.8 Å². The van der Waals surface area contributed by atoms with Crippen molar-refractivity contribution in [3.05, 3.63) is 35.9 Å². The Kier molecular flexibility index (Phi) is 8.13. The van der Waals surface area contributed by atoms with Crippen LogP contribution in [0, 0.1) is 11.7 Å². The van der Waals surface area contributed by atoms with Crippen molar-refractivity contribution in [1.29, 1.82) is 0 Å². The molecule has 1 heterocycles. The molecule has 1 aromatic carbocycles. The minimum absolute atomic E-state index is 0.0307. The molecule has 3 rings (SSSR count). The first-order valence-corrected chi connectivity index (χ1v) is 11.7. The van der Waals surface area contributed by atoms with Crippen molar-refractivity contribution >= 4 is 17.7 Å². The summed E-state index contributed by atoms with van der Waals surface area (Å²) in [6.45, 7) is 6.74. The monoisotopic (exact) mass is 434 g/mol. The van der Waals surface area contributed by atoms with Crippen molar-refractivity contribution < 1.29 is 13.9 Å². The number of aromatic nitrogens is 3. The summed E-state index contributed by atoms with van der Waals surface area (Å²) in [4.78, 5) is 12.4. The molecule has 1 N–H and O–H groups in total. The Morgan fingerprint density at radius 3 is 2.67 bits per heavy atom. The molecule has 0 radical (unpaired) electrons. The van der Waals surface area contributed by atoms with Gasteiger partial charge in [-0.3, -0.25) is 4.79 Å². The van der Waals surface area contributed by atoms with Crippen LogP contribution in [0.2, 0.25) is 0 Å². The lowest BCUT2D eigenvalue weighted by atomic mass is 9.95. The molecule has 1 saturated carbocycles. The second-order valence-corrected chi connectivity index (χ2v) is 9.17. The number of amides is 1. The first kappa shape index (κ1) is 22.6. The zero-order valence-corrected chi connectivity index (χ0v) is 18.8. The minimum atomic E-state index is -0.474. The molecule has 0 saturated heterocycles. The van der Waals surface area contributed by atoms with Crippen LogP contribution in [0.1, 0.15) is 64.8 Å². The lowest BCUT2D eigenvalue weighted by Crippen LogP contribution is -2.37. The van der Waals surface area contributed by atoms with E-state index in [9.17, 15) is 9.18 Å². The van der Waals surface area contributed by atoms with Crippen molar-refractivity contribution in [1.82, 2.24) is 20.1 Å². The molecule has 1 amide bonds. The van der Waals surface area contributed by atoms with Gasteiger partial charge in [0.1, 0.15) is 0 Å². The Hall–Kier alpha value is -2.09. The Morgan fingerprint density at radius 2 is 1.97 bits per heavy atom. The second-order valence-electron chi connectivity index (χ2n) is 8.23. The third kappa shape index (κ3) is 6.20. The number of carbonyl (C=O) groups is 1. The summed E-state index contributed by atoms with van der Waals surface area (Å²) >= 11 is 1.38. The van der Waals surface area contributed by atoms with E-state index in [4.69, 9.17) is 4.74 Å². The quantitative estimate of drug-likeness (QED) is 0.577. The van der Waals surface area contributed by atoms with Gasteiger partial charge in [-0.1, -0.05) is 57.0 Å². The summed E-state index contributed by atoms with van der Waals surface area (Å²) in [5.74, 6) is 1.09. The second kappa shape index (κ2) is 10.8. The Balaban J connectivity index is 1.66. The number of carbonyl (C=O) groups excluding carboxylic acids is 1. The SMILES string of the molecule is CC(C)Cn1c(SCC(=O)NC2CCCCC2)nnc1C(C)Oc1ccccc1F. The fourth-order valence-corrected chi connectivity index (χ4v) is 4.44. The number of benzene rings is 1. The van der Waals surface area contributed by atoms with Gasteiger partial charge >= 0.3 is 0 Å². The molecule has 0 aliphatic heterocycles. The van der Waals surface area contributed by atoms with Crippen LogP contribution < -0.4 is 10.1 Å². The van der Waals surface area contributed by atoms with E-state index < -0.39 is 11.9 Å². The third-order valence-electron chi connectivity index (χ3n) is 5.10. The molecule has 1 aromatic heterocycles. The molecule has 0 bridgehead atoms. The molecule has 1 unspecified atom stereocenters. The highest BCUT2D eigenvalue weighted by molar-refractivity contribution is 7.99. The van der Waals surface area contributed by atoms with Crippen molar-refractivity contribution in [3.8, 4) is 5.75 Å². The van der Waals surface area contributed by atoms with Crippen LogP contribution in [0.15, 0.2) is 29.4 Å². The summed E-state index contributed by atoms with van der Waals surface area (Å²) in [5.41, 5.74) is 0. The Morgan fingerprint density at radius 1 is 1.23 bits per heavy atom. The highest BCUT2D eigenvalue weighted by Gasteiger charge is 2.22. The fourth-order valence-electron chi connectivity index (χ4n) is 3.67. The topological polar surface area (TPSA) is 69.0 Å². The molecule has 2 aromatic rings. The number of hydrogen-bond acceptors (Lipinski definition) is 5. The van der Waals surface area contributed by atoms with E-state index in [-0.39, 0.29) is 11.7 Å². The van der Waals surface area contributed by atoms with Gasteiger partial charge in [-0.05, 0) is 37.8 Å². The van der Waals surface area contributed by atoms with Crippen LogP contribution in [0.3, 0.4) is 0 Å². The molecule has 0 spiro atoms. The number of ether oxygens (including phenoxy) is 1. The van der Waals surface area contributed by atoms with Gasteiger partial charge in [-0.15, -0.1) is 10.2 Å². The van der Waals surface area contributed by atoms with Crippen molar-refractivity contribution in [2.75, 3.05) is 5.75 Å². The van der Waals surface area contributed by atoms with E-state index in [1.165, 1.54) is 37.1 Å². The molecule has 1 fully saturated rings. The van der Waals surface area contributed by atoms with E-state index in [1.54, 1.807) is 18.2 Å². The molecule has 1 aliphatic carbocycles. The molecule has 6 nitrogen and oxygen atoms in total. The summed E-state index contributed by atoms with van der Waals surface area (Å²) in [5, 5.41) is 12.4. The number of thioether (sulfide) groups is 1. The first-order valence-electron chi connectivity index (χ1n) is 10.7. The normalized spacial score (nSPS) is 15.9. The zero-order chi connectivity index (χ0) is 21.5. The third-order valence-corrected chi connectivity index (χ3v) is 6.07. The van der Waals surface area contributed by atoms with Crippen LogP contribution in [0.5, 0.6) is 5.75 Å². The van der Waals surface area contributed by atoms with Crippen LogP contribution in [-0.2, 0) is 11.3 Å². The van der Waals surface area contributed by atoms with Gasteiger partial charge in [-0.25, -0.2) is 4.39 Å². The van der Waals surface area contributed by atoms with E-state index in [0.29, 0.717) is 35.2 Å². The van der Waals surface area contributed by atoms with Gasteiger partial charge in [0.2, 0.25) is 5.91 Å². The summed E-state index contributed by atoms with van der Waals surface area (Å²) < 4.78 is 21.8. The van der Waals surface area contributed by atoms with Gasteiger partial charge in [0.25, 0.3) is 0 Å². The number of nitrogens with zero attached hydrogens (tertiary/aromatic N) is 3. The maximum absolute atomic E-state index is 14.0. The largest absolute Gasteiger partial charge is 0.480 e. The maximum Gasteiger partial charge on any atom is 0.230 e. The first-order chi connectivity index (χ1) is 14.4. The van der Waals surface area contributed by atoms with Crippen molar-refractivity contribution in [3.63, 3.8) is 0 Å². The Bertz CT molecular complexity index is 836. The zero-order valence-electron chi connectivity index (χ0n) is 17.9. The van der Waals surface area contributed by atoms with Gasteiger partial charge in [0, 0.05) is 12.6 Å². The van der Waals surface area contributed by atoms with Crippen LogP contribution in [-0.4, -0.2) is 32.5 Å². The number of nitrogens with one attached hydrogen (secondary N) is 1. The molecule has 164 valence electrons. The smallest absolute Gasteiger partial charge is 0.230 e. The molecule has 8 heteroatoms. The van der Waals surface area contributed by atoms with Crippen molar-refractivity contribution in [2.24, 2.45) is 5.92 Å². The van der Waals surface area contributed by atoms with E-state index >= 15 is 0 Å². The fraction of sp³-hybridized carbons (Fsp3) is 0.591. The molecule has 1 aliphatic rings. The van der Waals surface area contributed by atoms with Gasteiger partial charge < -0.3 is 14.6 Å². The van der Waals surface area contributed by atoms with E-state index in [2.05, 4.69) is 29.4 Å². The number of hydrogen-bond donors (Lipinski definition) is 1. The summed E-state index contributed by atoms with van der Waals surface area (Å²) in [6, 6.07) is 6.62.